The summed E-state index contributed by atoms with van der Waals surface area (Å²) in [6.45, 7) is 3.76. The SMILES string of the molecule is C=CCc1ncccc1Cc1ccccc1. The molecule has 2 aromatic rings. The Bertz CT molecular complexity index is 460. The quantitative estimate of drug-likeness (QED) is 0.703. The van der Waals surface area contributed by atoms with Gasteiger partial charge in [0.1, 0.15) is 0 Å². The maximum Gasteiger partial charge on any atom is 0.0476 e. The zero-order valence-corrected chi connectivity index (χ0v) is 9.26. The maximum absolute atomic E-state index is 4.39. The van der Waals surface area contributed by atoms with Crippen molar-refractivity contribution in [1.82, 2.24) is 4.98 Å². The highest BCUT2D eigenvalue weighted by Crippen LogP contribution is 2.12. The van der Waals surface area contributed by atoms with Crippen molar-refractivity contribution in [3.8, 4) is 0 Å². The Morgan fingerprint density at radius 1 is 1.06 bits per heavy atom. The Hall–Kier alpha value is -1.89. The number of allylic oxidation sites excluding steroid dienone is 1. The van der Waals surface area contributed by atoms with Gasteiger partial charge in [-0.2, -0.15) is 0 Å². The number of aromatic nitrogens is 1. The van der Waals surface area contributed by atoms with Gasteiger partial charge in [-0.3, -0.25) is 4.98 Å². The highest BCUT2D eigenvalue weighted by atomic mass is 14.7. The summed E-state index contributed by atoms with van der Waals surface area (Å²) >= 11 is 0. The van der Waals surface area contributed by atoms with Crippen LogP contribution in [0.25, 0.3) is 0 Å². The fourth-order valence-corrected chi connectivity index (χ4v) is 1.77. The van der Waals surface area contributed by atoms with E-state index < -0.39 is 0 Å². The van der Waals surface area contributed by atoms with Crippen molar-refractivity contribution >= 4 is 0 Å². The molecule has 2 rings (SSSR count). The third-order valence-corrected chi connectivity index (χ3v) is 2.56. The van der Waals surface area contributed by atoms with Crippen LogP contribution in [-0.2, 0) is 12.8 Å². The molecule has 1 aromatic carbocycles. The molecule has 0 amide bonds. The standard InChI is InChI=1S/C15H15N/c1-2-7-15-14(10-6-11-16-15)12-13-8-4-3-5-9-13/h2-6,8-11H,1,7,12H2. The van der Waals surface area contributed by atoms with Gasteiger partial charge in [0.25, 0.3) is 0 Å². The van der Waals surface area contributed by atoms with Crippen LogP contribution in [0.4, 0.5) is 0 Å². The van der Waals surface area contributed by atoms with Crippen LogP contribution in [0.5, 0.6) is 0 Å². The molecule has 0 bridgehead atoms. The molecular weight excluding hydrogens is 194 g/mol. The number of hydrogen-bond acceptors (Lipinski definition) is 1. The molecule has 0 aliphatic heterocycles. The Morgan fingerprint density at radius 2 is 1.88 bits per heavy atom. The predicted molar refractivity (Wildman–Crippen MR) is 67.4 cm³/mol. The van der Waals surface area contributed by atoms with E-state index >= 15 is 0 Å². The Labute approximate surface area is 96.5 Å². The topological polar surface area (TPSA) is 12.9 Å². The average molecular weight is 209 g/mol. The monoisotopic (exact) mass is 209 g/mol. The van der Waals surface area contributed by atoms with Crippen molar-refractivity contribution in [3.63, 3.8) is 0 Å². The van der Waals surface area contributed by atoms with Gasteiger partial charge < -0.3 is 0 Å². The fourth-order valence-electron chi connectivity index (χ4n) is 1.77. The fraction of sp³-hybridized carbons (Fsp3) is 0.133. The minimum atomic E-state index is 0.836. The summed E-state index contributed by atoms with van der Waals surface area (Å²) in [6, 6.07) is 14.6. The molecule has 0 spiro atoms. The first-order valence-electron chi connectivity index (χ1n) is 5.47. The van der Waals surface area contributed by atoms with Crippen molar-refractivity contribution in [2.45, 2.75) is 12.8 Å². The van der Waals surface area contributed by atoms with Crippen molar-refractivity contribution in [1.29, 1.82) is 0 Å². The van der Waals surface area contributed by atoms with Crippen molar-refractivity contribution in [2.75, 3.05) is 0 Å². The molecule has 0 atom stereocenters. The predicted octanol–water partition coefficient (Wildman–Crippen LogP) is 3.40. The molecule has 0 fully saturated rings. The molecule has 0 radical (unpaired) electrons. The van der Waals surface area contributed by atoms with Crippen molar-refractivity contribution < 1.29 is 0 Å². The van der Waals surface area contributed by atoms with Gasteiger partial charge in [0, 0.05) is 18.3 Å². The second-order valence-electron chi connectivity index (χ2n) is 3.76. The molecule has 1 heteroatoms. The minimum absolute atomic E-state index is 0.836. The van der Waals surface area contributed by atoms with Crippen LogP contribution >= 0.6 is 0 Å². The minimum Gasteiger partial charge on any atom is -0.261 e. The van der Waals surface area contributed by atoms with Crippen LogP contribution in [-0.4, -0.2) is 4.98 Å². The molecule has 1 heterocycles. The third kappa shape index (κ3) is 2.57. The molecule has 80 valence electrons. The summed E-state index contributed by atoms with van der Waals surface area (Å²) in [7, 11) is 0. The van der Waals surface area contributed by atoms with Gasteiger partial charge >= 0.3 is 0 Å². The maximum atomic E-state index is 4.39. The number of rotatable bonds is 4. The Balaban J connectivity index is 2.24. The summed E-state index contributed by atoms with van der Waals surface area (Å²) in [5, 5.41) is 0. The summed E-state index contributed by atoms with van der Waals surface area (Å²) < 4.78 is 0. The second kappa shape index (κ2) is 5.26. The number of nitrogens with zero attached hydrogens (tertiary/aromatic N) is 1. The van der Waals surface area contributed by atoms with E-state index in [1.54, 1.807) is 0 Å². The highest BCUT2D eigenvalue weighted by Gasteiger charge is 2.02. The van der Waals surface area contributed by atoms with E-state index in [9.17, 15) is 0 Å². The van der Waals surface area contributed by atoms with E-state index in [1.807, 2.05) is 24.4 Å². The van der Waals surface area contributed by atoms with Gasteiger partial charge in [-0.1, -0.05) is 42.5 Å². The molecular formula is C15H15N. The zero-order chi connectivity index (χ0) is 11.2. The molecule has 0 saturated carbocycles. The van der Waals surface area contributed by atoms with Gasteiger partial charge in [0.15, 0.2) is 0 Å². The van der Waals surface area contributed by atoms with E-state index in [0.717, 1.165) is 18.5 Å². The van der Waals surface area contributed by atoms with E-state index in [-0.39, 0.29) is 0 Å². The lowest BCUT2D eigenvalue weighted by molar-refractivity contribution is 1.03. The van der Waals surface area contributed by atoms with Crippen LogP contribution in [0.3, 0.4) is 0 Å². The van der Waals surface area contributed by atoms with E-state index in [0.29, 0.717) is 0 Å². The number of hydrogen-bond donors (Lipinski definition) is 0. The molecule has 1 aromatic heterocycles. The third-order valence-electron chi connectivity index (χ3n) is 2.56. The van der Waals surface area contributed by atoms with Crippen LogP contribution in [0.1, 0.15) is 16.8 Å². The van der Waals surface area contributed by atoms with Crippen LogP contribution < -0.4 is 0 Å². The smallest absolute Gasteiger partial charge is 0.0476 e. The lowest BCUT2D eigenvalue weighted by Gasteiger charge is -2.06. The first-order valence-corrected chi connectivity index (χ1v) is 5.47. The van der Waals surface area contributed by atoms with Crippen molar-refractivity contribution in [2.24, 2.45) is 0 Å². The first kappa shape index (κ1) is 10.6. The first-order chi connectivity index (χ1) is 7.90. The van der Waals surface area contributed by atoms with E-state index in [1.165, 1.54) is 11.1 Å². The molecule has 16 heavy (non-hydrogen) atoms. The van der Waals surface area contributed by atoms with Gasteiger partial charge in [-0.25, -0.2) is 0 Å². The summed E-state index contributed by atoms with van der Waals surface area (Å²) in [6.07, 6.45) is 5.52. The normalized spacial score (nSPS) is 10.0. The van der Waals surface area contributed by atoms with Gasteiger partial charge in [-0.15, -0.1) is 6.58 Å². The summed E-state index contributed by atoms with van der Waals surface area (Å²) in [5.41, 5.74) is 3.73. The number of pyridine rings is 1. The molecule has 0 aliphatic rings. The molecule has 1 nitrogen and oxygen atoms in total. The molecule has 0 unspecified atom stereocenters. The van der Waals surface area contributed by atoms with Gasteiger partial charge in [0.05, 0.1) is 0 Å². The van der Waals surface area contributed by atoms with Gasteiger partial charge in [0.2, 0.25) is 0 Å². The second-order valence-corrected chi connectivity index (χ2v) is 3.76. The lowest BCUT2D eigenvalue weighted by Crippen LogP contribution is -1.97. The van der Waals surface area contributed by atoms with Crippen LogP contribution in [0.15, 0.2) is 61.3 Å². The molecule has 0 N–H and O–H groups in total. The van der Waals surface area contributed by atoms with Gasteiger partial charge in [-0.05, 0) is 23.6 Å². The van der Waals surface area contributed by atoms with E-state index in [4.69, 9.17) is 0 Å². The summed E-state index contributed by atoms with van der Waals surface area (Å²) in [4.78, 5) is 4.39. The lowest BCUT2D eigenvalue weighted by atomic mass is 10.0. The Morgan fingerprint density at radius 3 is 2.62 bits per heavy atom. The molecule has 0 saturated heterocycles. The van der Waals surface area contributed by atoms with Crippen LogP contribution in [0, 0.1) is 0 Å². The largest absolute Gasteiger partial charge is 0.261 e. The van der Waals surface area contributed by atoms with Crippen LogP contribution in [0.2, 0.25) is 0 Å². The van der Waals surface area contributed by atoms with E-state index in [2.05, 4.69) is 41.9 Å². The Kier molecular flexibility index (Phi) is 3.50. The highest BCUT2D eigenvalue weighted by molar-refractivity contribution is 5.29. The zero-order valence-electron chi connectivity index (χ0n) is 9.26. The summed E-state index contributed by atoms with van der Waals surface area (Å²) in [5.74, 6) is 0. The average Bonchev–Trinajstić information content (AvgIpc) is 2.33. The van der Waals surface area contributed by atoms with Crippen molar-refractivity contribution in [3.05, 3.63) is 78.1 Å². The number of benzene rings is 1. The molecule has 0 aliphatic carbocycles.